The molecule has 0 aliphatic carbocycles. The van der Waals surface area contributed by atoms with Crippen LogP contribution in [-0.2, 0) is 4.79 Å². The van der Waals surface area contributed by atoms with Crippen LogP contribution >= 0.6 is 0 Å². The topological polar surface area (TPSA) is 88.7 Å². The molecule has 0 N–H and O–H groups in total. The molecule has 1 aliphatic rings. The maximum atomic E-state index is 14.2. The zero-order valence-electron chi connectivity index (χ0n) is 21.1. The van der Waals surface area contributed by atoms with Gasteiger partial charge in [0.15, 0.2) is 0 Å². The summed E-state index contributed by atoms with van der Waals surface area (Å²) in [5.74, 6) is -0.531. The third-order valence-electron chi connectivity index (χ3n) is 6.82. The van der Waals surface area contributed by atoms with Gasteiger partial charge >= 0.3 is 0 Å². The highest BCUT2D eigenvalue weighted by Crippen LogP contribution is 2.42. The minimum atomic E-state index is -0.500. The number of rotatable bonds is 8. The third-order valence-corrected chi connectivity index (χ3v) is 6.82. The highest BCUT2D eigenvalue weighted by atomic mass is 16.6. The van der Waals surface area contributed by atoms with E-state index in [2.05, 4.69) is 4.57 Å². The zero-order chi connectivity index (χ0) is 26.6. The van der Waals surface area contributed by atoms with E-state index in [9.17, 15) is 19.7 Å². The molecule has 1 atom stereocenters. The van der Waals surface area contributed by atoms with E-state index < -0.39 is 4.92 Å². The molecular formula is C30H28N4O4. The summed E-state index contributed by atoms with van der Waals surface area (Å²) in [6.45, 7) is 2.31. The van der Waals surface area contributed by atoms with Crippen LogP contribution in [-0.4, -0.2) is 39.3 Å². The molecule has 4 aromatic rings. The Hall–Kier alpha value is -4.72. The summed E-state index contributed by atoms with van der Waals surface area (Å²) >= 11 is 0. The first kappa shape index (κ1) is 25.0. The normalized spacial score (nSPS) is 13.9. The lowest BCUT2D eigenvalue weighted by atomic mass is 9.97. The van der Waals surface area contributed by atoms with Crippen molar-refractivity contribution in [2.24, 2.45) is 0 Å². The van der Waals surface area contributed by atoms with E-state index in [4.69, 9.17) is 0 Å². The summed E-state index contributed by atoms with van der Waals surface area (Å²) in [5, 5.41) is 11.1. The summed E-state index contributed by atoms with van der Waals surface area (Å²) < 4.78 is 2.10. The molecule has 2 heterocycles. The molecule has 38 heavy (non-hydrogen) atoms. The molecule has 0 radical (unpaired) electrons. The lowest BCUT2D eigenvalue weighted by molar-refractivity contribution is -0.384. The van der Waals surface area contributed by atoms with Crippen LogP contribution in [0.5, 0.6) is 0 Å². The Kier molecular flexibility index (Phi) is 7.04. The lowest BCUT2D eigenvalue weighted by Crippen LogP contribution is -2.47. The Labute approximate surface area is 220 Å². The number of fused-ring (bicyclic) bond motifs is 3. The SMILES string of the molecule is CCCCN(CC(=O)N1c2ccccc2-n2cccc2C1c1ccccc1)C(=O)c1ccc([N+](=O)[O-])cc1. The van der Waals surface area contributed by atoms with Gasteiger partial charge in [-0.15, -0.1) is 0 Å². The summed E-state index contributed by atoms with van der Waals surface area (Å²) in [4.78, 5) is 41.5. The van der Waals surface area contributed by atoms with Crippen molar-refractivity contribution in [2.45, 2.75) is 25.8 Å². The van der Waals surface area contributed by atoms with Crippen LogP contribution in [0.2, 0.25) is 0 Å². The number of para-hydroxylation sites is 2. The smallest absolute Gasteiger partial charge is 0.269 e. The molecular weight excluding hydrogens is 480 g/mol. The van der Waals surface area contributed by atoms with E-state index in [-0.39, 0.29) is 30.1 Å². The number of hydrogen-bond acceptors (Lipinski definition) is 4. The quantitative estimate of drug-likeness (QED) is 0.223. The van der Waals surface area contributed by atoms with Gasteiger partial charge in [-0.25, -0.2) is 0 Å². The van der Waals surface area contributed by atoms with Gasteiger partial charge in [0.05, 0.1) is 22.0 Å². The minimum Gasteiger partial charge on any atom is -0.329 e. The number of unbranched alkanes of at least 4 members (excludes halogenated alkanes) is 1. The molecule has 192 valence electrons. The molecule has 1 unspecified atom stereocenters. The maximum absolute atomic E-state index is 14.2. The number of hydrogen-bond donors (Lipinski definition) is 0. The van der Waals surface area contributed by atoms with E-state index in [0.29, 0.717) is 12.1 Å². The van der Waals surface area contributed by atoms with Crippen LogP contribution in [0, 0.1) is 10.1 Å². The van der Waals surface area contributed by atoms with Crippen molar-refractivity contribution in [2.75, 3.05) is 18.0 Å². The van der Waals surface area contributed by atoms with E-state index in [1.54, 1.807) is 9.80 Å². The van der Waals surface area contributed by atoms with Gasteiger partial charge in [0.1, 0.15) is 12.6 Å². The van der Waals surface area contributed by atoms with Gasteiger partial charge in [0.25, 0.3) is 11.6 Å². The molecule has 1 aromatic heterocycles. The highest BCUT2D eigenvalue weighted by molar-refractivity contribution is 6.02. The minimum absolute atomic E-state index is 0.0867. The summed E-state index contributed by atoms with van der Waals surface area (Å²) in [6.07, 6.45) is 3.58. The van der Waals surface area contributed by atoms with Crippen molar-refractivity contribution >= 4 is 23.2 Å². The molecule has 0 saturated heterocycles. The zero-order valence-corrected chi connectivity index (χ0v) is 21.1. The van der Waals surface area contributed by atoms with Crippen molar-refractivity contribution in [3.05, 3.63) is 124 Å². The first-order chi connectivity index (χ1) is 18.5. The van der Waals surface area contributed by atoms with E-state index >= 15 is 0 Å². The molecule has 0 saturated carbocycles. The van der Waals surface area contributed by atoms with Gasteiger partial charge in [-0.1, -0.05) is 55.8 Å². The molecule has 0 fully saturated rings. The maximum Gasteiger partial charge on any atom is 0.269 e. The van der Waals surface area contributed by atoms with Crippen LogP contribution in [0.1, 0.15) is 47.4 Å². The van der Waals surface area contributed by atoms with Gasteiger partial charge < -0.3 is 9.47 Å². The Morgan fingerprint density at radius 2 is 1.58 bits per heavy atom. The molecule has 0 spiro atoms. The highest BCUT2D eigenvalue weighted by Gasteiger charge is 2.37. The third kappa shape index (κ3) is 4.68. The second-order valence-corrected chi connectivity index (χ2v) is 9.25. The van der Waals surface area contributed by atoms with Gasteiger partial charge in [0.2, 0.25) is 5.91 Å². The van der Waals surface area contributed by atoms with Crippen LogP contribution < -0.4 is 4.90 Å². The van der Waals surface area contributed by atoms with Crippen molar-refractivity contribution in [1.29, 1.82) is 0 Å². The Morgan fingerprint density at radius 1 is 0.895 bits per heavy atom. The van der Waals surface area contributed by atoms with Crippen LogP contribution in [0.15, 0.2) is 97.2 Å². The van der Waals surface area contributed by atoms with Gasteiger partial charge in [-0.3, -0.25) is 24.6 Å². The summed E-state index contributed by atoms with van der Waals surface area (Å²) in [6, 6.07) is 26.8. The first-order valence-electron chi connectivity index (χ1n) is 12.7. The molecule has 0 bridgehead atoms. The summed E-state index contributed by atoms with van der Waals surface area (Å²) in [5.41, 5.74) is 3.83. The predicted octanol–water partition coefficient (Wildman–Crippen LogP) is 5.76. The number of nitrogens with zero attached hydrogens (tertiary/aromatic N) is 4. The molecule has 3 aromatic carbocycles. The van der Waals surface area contributed by atoms with E-state index in [1.165, 1.54) is 24.3 Å². The van der Waals surface area contributed by atoms with Crippen molar-refractivity contribution in [3.8, 4) is 5.69 Å². The van der Waals surface area contributed by atoms with E-state index in [1.807, 2.05) is 79.9 Å². The van der Waals surface area contributed by atoms with Crippen molar-refractivity contribution in [3.63, 3.8) is 0 Å². The number of aromatic nitrogens is 1. The van der Waals surface area contributed by atoms with Gasteiger partial charge in [0, 0.05) is 30.4 Å². The molecule has 2 amide bonds. The second kappa shape index (κ2) is 10.7. The number of carbonyl (C=O) groups is 2. The lowest BCUT2D eigenvalue weighted by Gasteiger charge is -2.39. The predicted molar refractivity (Wildman–Crippen MR) is 145 cm³/mol. The number of amides is 2. The number of nitro benzene ring substituents is 1. The average molecular weight is 509 g/mol. The Balaban J connectivity index is 1.52. The Morgan fingerprint density at radius 3 is 2.26 bits per heavy atom. The average Bonchev–Trinajstić information content (AvgIpc) is 3.44. The largest absolute Gasteiger partial charge is 0.329 e. The second-order valence-electron chi connectivity index (χ2n) is 9.25. The number of anilines is 1. The van der Waals surface area contributed by atoms with Crippen LogP contribution in [0.4, 0.5) is 11.4 Å². The number of nitro groups is 1. The first-order valence-corrected chi connectivity index (χ1v) is 12.7. The standard InChI is InChI=1S/C30H28N4O4/c1-2-3-19-31(30(36)23-15-17-24(18-16-23)34(37)38)21-28(35)33-26-13-8-7-12-25(26)32-20-9-14-27(32)29(33)22-10-5-4-6-11-22/h4-18,20,29H,2-3,19,21H2,1H3. The number of carbonyl (C=O) groups excluding carboxylic acids is 2. The monoisotopic (exact) mass is 508 g/mol. The van der Waals surface area contributed by atoms with Crippen molar-refractivity contribution < 1.29 is 14.5 Å². The molecule has 8 heteroatoms. The number of non-ortho nitro benzene ring substituents is 1. The fourth-order valence-electron chi connectivity index (χ4n) is 4.96. The molecule has 1 aliphatic heterocycles. The van der Waals surface area contributed by atoms with E-state index in [0.717, 1.165) is 35.5 Å². The van der Waals surface area contributed by atoms with Crippen LogP contribution in [0.25, 0.3) is 5.69 Å². The fraction of sp³-hybridized carbons (Fsp3) is 0.200. The number of benzene rings is 3. The van der Waals surface area contributed by atoms with Gasteiger partial charge in [-0.05, 0) is 48.4 Å². The van der Waals surface area contributed by atoms with Crippen LogP contribution in [0.3, 0.4) is 0 Å². The van der Waals surface area contributed by atoms with Gasteiger partial charge in [-0.2, -0.15) is 0 Å². The van der Waals surface area contributed by atoms with Crippen molar-refractivity contribution in [1.82, 2.24) is 9.47 Å². The Bertz CT molecular complexity index is 1460. The molecule has 5 rings (SSSR count). The fourth-order valence-corrected chi connectivity index (χ4v) is 4.96. The molecule has 8 nitrogen and oxygen atoms in total. The summed E-state index contributed by atoms with van der Waals surface area (Å²) in [7, 11) is 0.